The fourth-order valence-electron chi connectivity index (χ4n) is 2.09. The molecule has 0 fully saturated rings. The summed E-state index contributed by atoms with van der Waals surface area (Å²) in [5.74, 6) is 1.41. The fourth-order valence-corrected chi connectivity index (χ4v) is 2.09. The Morgan fingerprint density at radius 2 is 2.11 bits per heavy atom. The molecule has 0 aliphatic rings. The Bertz CT molecular complexity index is 721. The molecule has 0 bridgehead atoms. The highest BCUT2D eigenvalue weighted by Crippen LogP contribution is 2.31. The summed E-state index contributed by atoms with van der Waals surface area (Å²) in [5, 5.41) is 13.0. The van der Waals surface area contributed by atoms with Crippen molar-refractivity contribution in [3.63, 3.8) is 0 Å². The average Bonchev–Trinajstić information content (AvgIpc) is 2.83. The van der Waals surface area contributed by atoms with Crippen LogP contribution in [0.3, 0.4) is 0 Å². The molecule has 3 rings (SSSR count). The van der Waals surface area contributed by atoms with E-state index in [0.29, 0.717) is 17.9 Å². The van der Waals surface area contributed by atoms with Gasteiger partial charge in [-0.2, -0.15) is 0 Å². The summed E-state index contributed by atoms with van der Waals surface area (Å²) in [7, 11) is 0. The fraction of sp³-hybridized carbons (Fsp3) is 0.286. The maximum atomic E-state index is 8.93. The van der Waals surface area contributed by atoms with Gasteiger partial charge in [0.25, 0.3) is 0 Å². The van der Waals surface area contributed by atoms with Gasteiger partial charge in [-0.05, 0) is 12.1 Å². The third kappa shape index (κ3) is 2.02. The van der Waals surface area contributed by atoms with Crippen molar-refractivity contribution < 1.29 is 9.52 Å². The number of para-hydroxylation sites is 1. The number of furan rings is 1. The predicted molar refractivity (Wildman–Crippen MR) is 74.3 cm³/mol. The van der Waals surface area contributed by atoms with Crippen LogP contribution in [-0.2, 0) is 6.42 Å². The molecule has 98 valence electrons. The third-order valence-corrected chi connectivity index (χ3v) is 2.99. The Morgan fingerprint density at radius 3 is 2.89 bits per heavy atom. The van der Waals surface area contributed by atoms with Crippen molar-refractivity contribution in [1.82, 2.24) is 9.97 Å². The van der Waals surface area contributed by atoms with Crippen LogP contribution in [0.1, 0.15) is 12.7 Å². The molecule has 0 spiro atoms. The minimum atomic E-state index is 0.0488. The number of aromatic nitrogens is 2. The first kappa shape index (κ1) is 11.9. The smallest absolute Gasteiger partial charge is 0.196 e. The van der Waals surface area contributed by atoms with Crippen molar-refractivity contribution in [2.45, 2.75) is 13.3 Å². The predicted octanol–water partition coefficient (Wildman–Crippen LogP) is 2.34. The molecule has 2 aromatic heterocycles. The van der Waals surface area contributed by atoms with E-state index in [1.54, 1.807) is 0 Å². The maximum absolute atomic E-state index is 8.93. The van der Waals surface area contributed by atoms with Gasteiger partial charge in [0.1, 0.15) is 16.9 Å². The van der Waals surface area contributed by atoms with Crippen molar-refractivity contribution in [3.8, 4) is 0 Å². The molecule has 0 aliphatic heterocycles. The van der Waals surface area contributed by atoms with Gasteiger partial charge < -0.3 is 14.8 Å². The van der Waals surface area contributed by atoms with E-state index in [1.807, 2.05) is 31.2 Å². The summed E-state index contributed by atoms with van der Waals surface area (Å²) in [6.45, 7) is 2.50. The Balaban J connectivity index is 2.28. The summed E-state index contributed by atoms with van der Waals surface area (Å²) in [6, 6.07) is 7.80. The number of hydrogen-bond donors (Lipinski definition) is 2. The number of fused-ring (bicyclic) bond motifs is 3. The molecule has 1 aromatic carbocycles. The number of hydrogen-bond acceptors (Lipinski definition) is 5. The Labute approximate surface area is 110 Å². The van der Waals surface area contributed by atoms with E-state index in [1.165, 1.54) is 0 Å². The molecule has 5 heteroatoms. The number of nitrogens with zero attached hydrogens (tertiary/aromatic N) is 2. The van der Waals surface area contributed by atoms with E-state index >= 15 is 0 Å². The van der Waals surface area contributed by atoms with Gasteiger partial charge in [-0.25, -0.2) is 9.97 Å². The van der Waals surface area contributed by atoms with Gasteiger partial charge in [0.05, 0.1) is 6.61 Å². The topological polar surface area (TPSA) is 71.2 Å². The maximum Gasteiger partial charge on any atom is 0.196 e. The summed E-state index contributed by atoms with van der Waals surface area (Å²) in [6.07, 6.45) is 0.753. The van der Waals surface area contributed by atoms with Crippen molar-refractivity contribution in [2.24, 2.45) is 0 Å². The first-order valence-corrected chi connectivity index (χ1v) is 6.36. The lowest BCUT2D eigenvalue weighted by Crippen LogP contribution is -2.08. The molecular formula is C14H15N3O2. The van der Waals surface area contributed by atoms with E-state index in [-0.39, 0.29) is 6.61 Å². The molecule has 5 nitrogen and oxygen atoms in total. The number of rotatable bonds is 4. The molecule has 0 unspecified atom stereocenters. The van der Waals surface area contributed by atoms with Gasteiger partial charge in [0, 0.05) is 18.4 Å². The number of nitrogens with one attached hydrogen (secondary N) is 1. The van der Waals surface area contributed by atoms with E-state index in [9.17, 15) is 0 Å². The van der Waals surface area contributed by atoms with Crippen LogP contribution in [0, 0.1) is 0 Å². The van der Waals surface area contributed by atoms with Crippen LogP contribution in [-0.4, -0.2) is 28.2 Å². The molecule has 0 amide bonds. The zero-order valence-corrected chi connectivity index (χ0v) is 10.7. The summed E-state index contributed by atoms with van der Waals surface area (Å²) in [5.41, 5.74) is 2.27. The van der Waals surface area contributed by atoms with Gasteiger partial charge >= 0.3 is 0 Å². The highest BCUT2D eigenvalue weighted by atomic mass is 16.3. The Morgan fingerprint density at radius 1 is 1.26 bits per heavy atom. The van der Waals surface area contributed by atoms with Crippen LogP contribution in [0.25, 0.3) is 22.1 Å². The largest absolute Gasteiger partial charge is 0.450 e. The minimum absolute atomic E-state index is 0.0488. The standard InChI is InChI=1S/C14H15N3O2/c1-2-11-16-12-9-5-3-4-6-10(9)19-13(12)14(17-11)15-7-8-18/h3-6,18H,2,7-8H2,1H3,(H,15,16,17). The second kappa shape index (κ2) is 4.85. The van der Waals surface area contributed by atoms with Crippen molar-refractivity contribution in [3.05, 3.63) is 30.1 Å². The SMILES string of the molecule is CCc1nc(NCCO)c2oc3ccccc3c2n1. The van der Waals surface area contributed by atoms with Gasteiger partial charge in [-0.1, -0.05) is 19.1 Å². The van der Waals surface area contributed by atoms with E-state index in [4.69, 9.17) is 9.52 Å². The molecule has 0 saturated heterocycles. The van der Waals surface area contributed by atoms with Crippen molar-refractivity contribution >= 4 is 27.9 Å². The summed E-state index contributed by atoms with van der Waals surface area (Å²) in [4.78, 5) is 8.97. The van der Waals surface area contributed by atoms with Crippen molar-refractivity contribution in [2.75, 3.05) is 18.5 Å². The number of aliphatic hydroxyl groups is 1. The van der Waals surface area contributed by atoms with Crippen LogP contribution in [0.15, 0.2) is 28.7 Å². The van der Waals surface area contributed by atoms with E-state index in [0.717, 1.165) is 28.7 Å². The molecule has 2 N–H and O–H groups in total. The van der Waals surface area contributed by atoms with Crippen LogP contribution in [0.5, 0.6) is 0 Å². The average molecular weight is 257 g/mol. The minimum Gasteiger partial charge on any atom is -0.450 e. The molecule has 19 heavy (non-hydrogen) atoms. The Hall–Kier alpha value is -2.14. The molecule has 0 atom stereocenters. The lowest BCUT2D eigenvalue weighted by molar-refractivity contribution is 0.311. The second-order valence-electron chi connectivity index (χ2n) is 4.27. The summed E-state index contributed by atoms with van der Waals surface area (Å²) < 4.78 is 5.81. The third-order valence-electron chi connectivity index (χ3n) is 2.99. The molecule has 3 aromatic rings. The van der Waals surface area contributed by atoms with E-state index in [2.05, 4.69) is 15.3 Å². The quantitative estimate of drug-likeness (QED) is 0.750. The van der Waals surface area contributed by atoms with E-state index < -0.39 is 0 Å². The number of aliphatic hydroxyl groups excluding tert-OH is 1. The highest BCUT2D eigenvalue weighted by Gasteiger charge is 2.14. The molecule has 0 radical (unpaired) electrons. The van der Waals surface area contributed by atoms with Gasteiger partial charge in [0.2, 0.25) is 0 Å². The second-order valence-corrected chi connectivity index (χ2v) is 4.27. The molecule has 0 aliphatic carbocycles. The van der Waals surface area contributed by atoms with Crippen LogP contribution in [0.2, 0.25) is 0 Å². The lowest BCUT2D eigenvalue weighted by Gasteiger charge is -2.05. The highest BCUT2D eigenvalue weighted by molar-refractivity contribution is 6.05. The molecule has 2 heterocycles. The number of aryl methyl sites for hydroxylation is 1. The van der Waals surface area contributed by atoms with Crippen LogP contribution < -0.4 is 5.32 Å². The zero-order chi connectivity index (χ0) is 13.2. The first-order chi connectivity index (χ1) is 9.33. The number of benzene rings is 1. The number of anilines is 1. The lowest BCUT2D eigenvalue weighted by atomic mass is 10.2. The van der Waals surface area contributed by atoms with Crippen LogP contribution >= 0.6 is 0 Å². The van der Waals surface area contributed by atoms with Crippen molar-refractivity contribution in [1.29, 1.82) is 0 Å². The Kier molecular flexibility index (Phi) is 3.05. The van der Waals surface area contributed by atoms with Gasteiger partial charge in [0.15, 0.2) is 11.4 Å². The van der Waals surface area contributed by atoms with Gasteiger partial charge in [-0.3, -0.25) is 0 Å². The zero-order valence-electron chi connectivity index (χ0n) is 10.7. The normalized spacial score (nSPS) is 11.3. The first-order valence-electron chi connectivity index (χ1n) is 6.36. The monoisotopic (exact) mass is 257 g/mol. The molecule has 0 saturated carbocycles. The summed E-state index contributed by atoms with van der Waals surface area (Å²) >= 11 is 0. The van der Waals surface area contributed by atoms with Crippen LogP contribution in [0.4, 0.5) is 5.82 Å². The van der Waals surface area contributed by atoms with Gasteiger partial charge in [-0.15, -0.1) is 0 Å². The molecular weight excluding hydrogens is 242 g/mol.